The third-order valence-electron chi connectivity index (χ3n) is 1.45. The third kappa shape index (κ3) is 3.43. The molecule has 5 heteroatoms. The zero-order valence-electron chi connectivity index (χ0n) is 6.88. The number of primary amides is 1. The molecule has 0 fully saturated rings. The van der Waals surface area contributed by atoms with E-state index in [1.54, 1.807) is 0 Å². The van der Waals surface area contributed by atoms with Gasteiger partial charge in [-0.05, 0) is 11.6 Å². The molecule has 0 aliphatic heterocycles. The largest absolute Gasteiger partial charge is 0.351 e. The van der Waals surface area contributed by atoms with Crippen molar-refractivity contribution in [1.82, 2.24) is 10.9 Å². The van der Waals surface area contributed by atoms with E-state index in [1.165, 1.54) is 0 Å². The van der Waals surface area contributed by atoms with Gasteiger partial charge in [0.1, 0.15) is 0 Å². The van der Waals surface area contributed by atoms with Crippen molar-refractivity contribution in [1.29, 1.82) is 0 Å². The zero-order valence-corrected chi connectivity index (χ0v) is 8.47. The molecule has 0 aromatic heterocycles. The van der Waals surface area contributed by atoms with E-state index < -0.39 is 6.03 Å². The normalized spacial score (nSPS) is 9.62. The molecule has 1 aromatic rings. The molecule has 1 rings (SSSR count). The van der Waals surface area contributed by atoms with Crippen molar-refractivity contribution in [2.75, 3.05) is 0 Å². The van der Waals surface area contributed by atoms with Gasteiger partial charge >= 0.3 is 6.03 Å². The molecule has 4 N–H and O–H groups in total. The van der Waals surface area contributed by atoms with Crippen LogP contribution in [0.2, 0.25) is 0 Å². The van der Waals surface area contributed by atoms with Gasteiger partial charge < -0.3 is 5.73 Å². The smallest absolute Gasteiger partial charge is 0.326 e. The number of carbonyl (C=O) groups excluding carboxylic acids is 1. The maximum Gasteiger partial charge on any atom is 0.326 e. The van der Waals surface area contributed by atoms with Gasteiger partial charge in [0.05, 0.1) is 0 Å². The van der Waals surface area contributed by atoms with Gasteiger partial charge in [0.15, 0.2) is 0 Å². The Bertz CT molecular complexity index is 303. The summed E-state index contributed by atoms with van der Waals surface area (Å²) in [7, 11) is 0. The predicted molar refractivity (Wildman–Crippen MR) is 53.7 cm³/mol. The highest BCUT2D eigenvalue weighted by atomic mass is 79.9. The van der Waals surface area contributed by atoms with E-state index in [2.05, 4.69) is 26.8 Å². The highest BCUT2D eigenvalue weighted by Gasteiger charge is 1.97. The molecule has 1 aromatic carbocycles. The standard InChI is InChI=1S/C8H10BrN3O/c9-7-4-2-1-3-6(7)5-11-12-8(10)13/h1-4,11H,5H2,(H3,10,12,13). The summed E-state index contributed by atoms with van der Waals surface area (Å²) in [6.45, 7) is 0.532. The number of hydrogen-bond donors (Lipinski definition) is 3. The highest BCUT2D eigenvalue weighted by molar-refractivity contribution is 9.10. The van der Waals surface area contributed by atoms with Crippen molar-refractivity contribution in [2.24, 2.45) is 5.73 Å². The molecule has 0 aliphatic rings. The van der Waals surface area contributed by atoms with Crippen LogP contribution in [0.4, 0.5) is 4.79 Å². The van der Waals surface area contributed by atoms with Gasteiger partial charge in [0, 0.05) is 11.0 Å². The summed E-state index contributed by atoms with van der Waals surface area (Å²) in [6.07, 6.45) is 0. The van der Waals surface area contributed by atoms with Crippen LogP contribution in [0.15, 0.2) is 28.7 Å². The number of urea groups is 1. The SMILES string of the molecule is NC(=O)NNCc1ccccc1Br. The lowest BCUT2D eigenvalue weighted by Crippen LogP contribution is -2.40. The van der Waals surface area contributed by atoms with Gasteiger partial charge in [-0.1, -0.05) is 34.1 Å². The highest BCUT2D eigenvalue weighted by Crippen LogP contribution is 2.14. The molecule has 0 atom stereocenters. The number of carbonyl (C=O) groups is 1. The second-order valence-electron chi connectivity index (χ2n) is 2.43. The van der Waals surface area contributed by atoms with E-state index in [-0.39, 0.29) is 0 Å². The minimum atomic E-state index is -0.591. The average Bonchev–Trinajstić information content (AvgIpc) is 2.08. The topological polar surface area (TPSA) is 67.2 Å². The Morgan fingerprint density at radius 1 is 1.46 bits per heavy atom. The first kappa shape index (κ1) is 10.0. The Morgan fingerprint density at radius 3 is 2.77 bits per heavy atom. The third-order valence-corrected chi connectivity index (χ3v) is 2.22. The van der Waals surface area contributed by atoms with E-state index in [1.807, 2.05) is 24.3 Å². The van der Waals surface area contributed by atoms with Crippen LogP contribution in [-0.2, 0) is 6.54 Å². The van der Waals surface area contributed by atoms with Crippen molar-refractivity contribution in [3.05, 3.63) is 34.3 Å². The fourth-order valence-corrected chi connectivity index (χ4v) is 1.29. The first-order valence-corrected chi connectivity index (χ1v) is 4.51. The van der Waals surface area contributed by atoms with Crippen LogP contribution in [0.5, 0.6) is 0 Å². The minimum Gasteiger partial charge on any atom is -0.351 e. The van der Waals surface area contributed by atoms with Crippen LogP contribution in [0, 0.1) is 0 Å². The summed E-state index contributed by atoms with van der Waals surface area (Å²) in [5, 5.41) is 0. The predicted octanol–water partition coefficient (Wildman–Crippen LogP) is 1.12. The fraction of sp³-hybridized carbons (Fsp3) is 0.125. The molecule has 0 unspecified atom stereocenters. The van der Waals surface area contributed by atoms with Gasteiger partial charge in [-0.15, -0.1) is 0 Å². The van der Waals surface area contributed by atoms with Crippen LogP contribution in [0.3, 0.4) is 0 Å². The van der Waals surface area contributed by atoms with Gasteiger partial charge in [-0.25, -0.2) is 10.2 Å². The number of amides is 2. The number of hydrogen-bond acceptors (Lipinski definition) is 2. The Kier molecular flexibility index (Phi) is 3.72. The van der Waals surface area contributed by atoms with Crippen molar-refractivity contribution in [2.45, 2.75) is 6.54 Å². The van der Waals surface area contributed by atoms with Crippen molar-refractivity contribution < 1.29 is 4.79 Å². The number of rotatable bonds is 3. The Labute approximate surface area is 84.6 Å². The summed E-state index contributed by atoms with van der Waals surface area (Å²) in [6, 6.07) is 7.13. The molecular formula is C8H10BrN3O. The van der Waals surface area contributed by atoms with Crippen LogP contribution < -0.4 is 16.6 Å². The van der Waals surface area contributed by atoms with E-state index in [0.717, 1.165) is 10.0 Å². The number of nitrogens with one attached hydrogen (secondary N) is 2. The molecule has 0 saturated heterocycles. The van der Waals surface area contributed by atoms with Gasteiger partial charge in [0.2, 0.25) is 0 Å². The molecule has 4 nitrogen and oxygen atoms in total. The first-order chi connectivity index (χ1) is 6.20. The minimum absolute atomic E-state index is 0.532. The van der Waals surface area contributed by atoms with Crippen LogP contribution in [0.25, 0.3) is 0 Å². The van der Waals surface area contributed by atoms with Crippen LogP contribution in [-0.4, -0.2) is 6.03 Å². The summed E-state index contributed by atoms with van der Waals surface area (Å²) in [4.78, 5) is 10.3. The number of hydrazine groups is 1. The first-order valence-electron chi connectivity index (χ1n) is 3.72. The number of halogens is 1. The Hall–Kier alpha value is -1.07. The van der Waals surface area contributed by atoms with Gasteiger partial charge in [0.25, 0.3) is 0 Å². The summed E-state index contributed by atoms with van der Waals surface area (Å²) >= 11 is 3.38. The quantitative estimate of drug-likeness (QED) is 0.697. The molecule has 13 heavy (non-hydrogen) atoms. The van der Waals surface area contributed by atoms with Gasteiger partial charge in [-0.3, -0.25) is 5.43 Å². The lowest BCUT2D eigenvalue weighted by molar-refractivity contribution is 0.244. The maximum absolute atomic E-state index is 10.3. The Morgan fingerprint density at radius 2 is 2.15 bits per heavy atom. The second-order valence-corrected chi connectivity index (χ2v) is 3.29. The molecule has 0 saturated carbocycles. The average molecular weight is 244 g/mol. The summed E-state index contributed by atoms with van der Waals surface area (Å²) in [5.74, 6) is 0. The molecule has 0 bridgehead atoms. The van der Waals surface area contributed by atoms with Crippen molar-refractivity contribution in [3.63, 3.8) is 0 Å². The zero-order chi connectivity index (χ0) is 9.68. The monoisotopic (exact) mass is 243 g/mol. The van der Waals surface area contributed by atoms with E-state index in [9.17, 15) is 4.79 Å². The lowest BCUT2D eigenvalue weighted by Gasteiger charge is -2.05. The van der Waals surface area contributed by atoms with E-state index >= 15 is 0 Å². The summed E-state index contributed by atoms with van der Waals surface area (Å²) < 4.78 is 0.994. The van der Waals surface area contributed by atoms with E-state index in [0.29, 0.717) is 6.54 Å². The van der Waals surface area contributed by atoms with Gasteiger partial charge in [-0.2, -0.15) is 0 Å². The molecule has 0 spiro atoms. The number of nitrogens with two attached hydrogens (primary N) is 1. The fourth-order valence-electron chi connectivity index (χ4n) is 0.868. The van der Waals surface area contributed by atoms with Crippen molar-refractivity contribution in [3.8, 4) is 0 Å². The lowest BCUT2D eigenvalue weighted by atomic mass is 10.2. The molecular weight excluding hydrogens is 234 g/mol. The second kappa shape index (κ2) is 4.84. The molecule has 0 aliphatic carbocycles. The Balaban J connectivity index is 2.45. The molecule has 0 heterocycles. The number of benzene rings is 1. The van der Waals surface area contributed by atoms with E-state index in [4.69, 9.17) is 5.73 Å². The maximum atomic E-state index is 10.3. The van der Waals surface area contributed by atoms with Crippen LogP contribution >= 0.6 is 15.9 Å². The van der Waals surface area contributed by atoms with Crippen LogP contribution in [0.1, 0.15) is 5.56 Å². The molecule has 70 valence electrons. The molecule has 0 radical (unpaired) electrons. The summed E-state index contributed by atoms with van der Waals surface area (Å²) in [5.41, 5.74) is 10.9. The molecule has 2 amide bonds. The van der Waals surface area contributed by atoms with Crippen molar-refractivity contribution >= 4 is 22.0 Å².